The highest BCUT2D eigenvalue weighted by atomic mass is 19.4. The van der Waals surface area contributed by atoms with Crippen LogP contribution in [-0.2, 0) is 9.53 Å². The summed E-state index contributed by atoms with van der Waals surface area (Å²) in [7, 11) is 1.06. The Hall–Kier alpha value is -1.90. The Morgan fingerprint density at radius 3 is 2.54 bits per heavy atom. The minimum Gasteiger partial charge on any atom is -0.493 e. The molecule has 0 aliphatic carbocycles. The van der Waals surface area contributed by atoms with E-state index in [1.54, 1.807) is 0 Å². The zero-order valence-electron chi connectivity index (χ0n) is 12.8. The van der Waals surface area contributed by atoms with Gasteiger partial charge in [-0.15, -0.1) is 0 Å². The lowest BCUT2D eigenvalue weighted by Crippen LogP contribution is -2.33. The van der Waals surface area contributed by atoms with Gasteiger partial charge in [-0.2, -0.15) is 17.6 Å². The summed E-state index contributed by atoms with van der Waals surface area (Å²) in [6.07, 6.45) is -7.88. The molecule has 0 saturated carbocycles. The molecule has 0 radical (unpaired) electrons. The van der Waals surface area contributed by atoms with Crippen molar-refractivity contribution in [1.82, 2.24) is 0 Å². The van der Waals surface area contributed by atoms with E-state index in [1.807, 2.05) is 0 Å². The number of hydrogen-bond acceptors (Lipinski definition) is 3. The van der Waals surface area contributed by atoms with Crippen molar-refractivity contribution in [1.29, 1.82) is 0 Å². The first-order chi connectivity index (χ1) is 11.0. The van der Waals surface area contributed by atoms with Gasteiger partial charge in [0, 0.05) is 11.5 Å². The maximum absolute atomic E-state index is 13.8. The summed E-state index contributed by atoms with van der Waals surface area (Å²) in [5, 5.41) is 9.25. The van der Waals surface area contributed by atoms with E-state index in [9.17, 15) is 31.9 Å². The third-order valence-corrected chi connectivity index (χ3v) is 3.93. The molecule has 134 valence electrons. The van der Waals surface area contributed by atoms with Gasteiger partial charge in [0.05, 0.1) is 19.1 Å². The third-order valence-electron chi connectivity index (χ3n) is 3.93. The Morgan fingerprint density at radius 2 is 2.04 bits per heavy atom. The molecular formula is C15H15F5O4. The van der Waals surface area contributed by atoms with Gasteiger partial charge in [-0.05, 0) is 19.4 Å². The molecule has 0 amide bonds. The van der Waals surface area contributed by atoms with Gasteiger partial charge in [0.15, 0.2) is 17.7 Å². The van der Waals surface area contributed by atoms with Crippen LogP contribution < -0.4 is 4.74 Å². The van der Waals surface area contributed by atoms with Gasteiger partial charge in [0.2, 0.25) is 5.82 Å². The van der Waals surface area contributed by atoms with Crippen LogP contribution in [0, 0.1) is 11.6 Å². The number of benzene rings is 1. The molecule has 1 heterocycles. The SMILES string of the molecule is COc1c(C2CC(C)(CC(F)(F)F)OC2C(=O)O)ccc(F)c1F. The maximum atomic E-state index is 13.8. The van der Waals surface area contributed by atoms with Crippen LogP contribution in [0.5, 0.6) is 5.75 Å². The molecule has 1 aliphatic heterocycles. The lowest BCUT2D eigenvalue weighted by atomic mass is 9.85. The van der Waals surface area contributed by atoms with Crippen LogP contribution in [0.2, 0.25) is 0 Å². The molecule has 0 bridgehead atoms. The van der Waals surface area contributed by atoms with Crippen LogP contribution in [0.3, 0.4) is 0 Å². The van der Waals surface area contributed by atoms with E-state index in [0.29, 0.717) is 0 Å². The summed E-state index contributed by atoms with van der Waals surface area (Å²) < 4.78 is 75.2. The van der Waals surface area contributed by atoms with Gasteiger partial charge >= 0.3 is 12.1 Å². The number of hydrogen-bond donors (Lipinski definition) is 1. The fraction of sp³-hybridized carbons (Fsp3) is 0.533. The monoisotopic (exact) mass is 354 g/mol. The van der Waals surface area contributed by atoms with Crippen molar-refractivity contribution in [3.05, 3.63) is 29.3 Å². The summed E-state index contributed by atoms with van der Waals surface area (Å²) in [6, 6.07) is 1.87. The number of rotatable bonds is 4. The molecule has 1 N–H and O–H groups in total. The average Bonchev–Trinajstić information content (AvgIpc) is 2.77. The largest absolute Gasteiger partial charge is 0.493 e. The minimum atomic E-state index is -4.56. The zero-order chi connectivity index (χ0) is 18.3. The number of ether oxygens (including phenoxy) is 2. The highest BCUT2D eigenvalue weighted by molar-refractivity contribution is 5.75. The molecule has 2 rings (SSSR count). The molecule has 1 aromatic rings. The molecule has 4 nitrogen and oxygen atoms in total. The Bertz CT molecular complexity index is 645. The molecule has 1 aliphatic rings. The van der Waals surface area contributed by atoms with Gasteiger partial charge in [0.25, 0.3) is 0 Å². The minimum absolute atomic E-state index is 0.0466. The van der Waals surface area contributed by atoms with E-state index in [1.165, 1.54) is 0 Å². The number of carbonyl (C=O) groups is 1. The topological polar surface area (TPSA) is 55.8 Å². The molecule has 0 aromatic heterocycles. The van der Waals surface area contributed by atoms with Crippen molar-refractivity contribution in [2.24, 2.45) is 0 Å². The molecule has 3 atom stereocenters. The van der Waals surface area contributed by atoms with Gasteiger partial charge in [0.1, 0.15) is 0 Å². The van der Waals surface area contributed by atoms with Gasteiger partial charge in [-0.1, -0.05) is 6.07 Å². The Kier molecular flexibility index (Phi) is 4.76. The van der Waals surface area contributed by atoms with E-state index in [2.05, 4.69) is 0 Å². The van der Waals surface area contributed by atoms with Gasteiger partial charge in [-0.25, -0.2) is 9.18 Å². The van der Waals surface area contributed by atoms with Crippen LogP contribution >= 0.6 is 0 Å². The lowest BCUT2D eigenvalue weighted by Gasteiger charge is -2.25. The van der Waals surface area contributed by atoms with E-state index in [0.717, 1.165) is 26.2 Å². The number of carboxylic acid groups (broad SMARTS) is 1. The van der Waals surface area contributed by atoms with Crippen molar-refractivity contribution in [2.45, 2.75) is 43.6 Å². The number of alkyl halides is 3. The molecule has 1 saturated heterocycles. The second-order valence-electron chi connectivity index (χ2n) is 5.91. The van der Waals surface area contributed by atoms with Crippen molar-refractivity contribution in [3.63, 3.8) is 0 Å². The Labute approximate surface area is 134 Å². The van der Waals surface area contributed by atoms with Crippen LogP contribution in [0.15, 0.2) is 12.1 Å². The zero-order valence-corrected chi connectivity index (χ0v) is 12.8. The van der Waals surface area contributed by atoms with Crippen LogP contribution in [0.1, 0.15) is 31.2 Å². The van der Waals surface area contributed by atoms with E-state index in [4.69, 9.17) is 9.47 Å². The fourth-order valence-corrected chi connectivity index (χ4v) is 3.09. The number of halogens is 5. The normalized spacial score (nSPS) is 27.3. The highest BCUT2D eigenvalue weighted by Crippen LogP contribution is 2.48. The molecule has 3 unspecified atom stereocenters. The predicted octanol–water partition coefficient (Wildman–Crippen LogP) is 3.64. The van der Waals surface area contributed by atoms with E-state index >= 15 is 0 Å². The third kappa shape index (κ3) is 3.61. The van der Waals surface area contributed by atoms with Crippen molar-refractivity contribution >= 4 is 5.97 Å². The Morgan fingerprint density at radius 1 is 1.42 bits per heavy atom. The summed E-state index contributed by atoms with van der Waals surface area (Å²) in [5.41, 5.74) is -1.84. The maximum Gasteiger partial charge on any atom is 0.391 e. The second kappa shape index (κ2) is 6.19. The van der Waals surface area contributed by atoms with Crippen LogP contribution in [0.25, 0.3) is 0 Å². The summed E-state index contributed by atoms with van der Waals surface area (Å²) in [4.78, 5) is 11.4. The highest BCUT2D eigenvalue weighted by Gasteiger charge is 2.52. The molecule has 1 aromatic carbocycles. The van der Waals surface area contributed by atoms with Crippen molar-refractivity contribution in [3.8, 4) is 5.75 Å². The first-order valence-corrected chi connectivity index (χ1v) is 6.97. The molecule has 24 heavy (non-hydrogen) atoms. The molecular weight excluding hydrogens is 339 g/mol. The van der Waals surface area contributed by atoms with Gasteiger partial charge < -0.3 is 14.6 Å². The lowest BCUT2D eigenvalue weighted by molar-refractivity contribution is -0.187. The summed E-state index contributed by atoms with van der Waals surface area (Å²) >= 11 is 0. The number of methoxy groups -OCH3 is 1. The molecule has 0 spiro atoms. The van der Waals surface area contributed by atoms with Gasteiger partial charge in [-0.3, -0.25) is 0 Å². The first-order valence-electron chi connectivity index (χ1n) is 6.97. The van der Waals surface area contributed by atoms with Crippen molar-refractivity contribution in [2.75, 3.05) is 7.11 Å². The molecule has 1 fully saturated rings. The van der Waals surface area contributed by atoms with E-state index < -0.39 is 53.6 Å². The van der Waals surface area contributed by atoms with Crippen LogP contribution in [0.4, 0.5) is 22.0 Å². The standard InChI is InChI=1S/C15H15F5O4/c1-14(6-15(18,19)20)5-8(12(24-14)13(21)22)7-3-4-9(16)10(17)11(7)23-2/h3-4,8,12H,5-6H2,1-2H3,(H,21,22). The smallest absolute Gasteiger partial charge is 0.391 e. The number of carboxylic acids is 1. The second-order valence-corrected chi connectivity index (χ2v) is 5.91. The quantitative estimate of drug-likeness (QED) is 0.839. The number of aliphatic carboxylic acids is 1. The fourth-order valence-electron chi connectivity index (χ4n) is 3.09. The van der Waals surface area contributed by atoms with Crippen molar-refractivity contribution < 1.29 is 41.3 Å². The summed E-state index contributed by atoms with van der Waals surface area (Å²) in [5.74, 6) is -5.67. The van der Waals surface area contributed by atoms with E-state index in [-0.39, 0.29) is 12.0 Å². The average molecular weight is 354 g/mol. The molecule has 9 heteroatoms. The Balaban J connectivity index is 2.45. The van der Waals surface area contributed by atoms with Crippen LogP contribution in [-0.4, -0.2) is 36.1 Å². The summed E-state index contributed by atoms with van der Waals surface area (Å²) in [6.45, 7) is 1.14. The first kappa shape index (κ1) is 18.4. The predicted molar refractivity (Wildman–Crippen MR) is 71.9 cm³/mol.